The first-order chi connectivity index (χ1) is 9.70. The van der Waals surface area contributed by atoms with Crippen molar-refractivity contribution in [2.75, 3.05) is 6.61 Å². The third kappa shape index (κ3) is 1.99. The standard InChI is InChI=1S/C16H14O4/c1-3-18-16-14(17)11-9-10(2)6-7-12(11)20-15(16)13-5-4-8-19-13/h4-9H,3H2,1-2H3. The minimum Gasteiger partial charge on any atom is -0.486 e. The smallest absolute Gasteiger partial charge is 0.235 e. The van der Waals surface area contributed by atoms with E-state index in [4.69, 9.17) is 13.6 Å². The van der Waals surface area contributed by atoms with E-state index in [1.165, 1.54) is 6.26 Å². The van der Waals surface area contributed by atoms with Crippen LogP contribution in [0.4, 0.5) is 0 Å². The zero-order valence-electron chi connectivity index (χ0n) is 11.3. The average molecular weight is 270 g/mol. The van der Waals surface area contributed by atoms with E-state index in [2.05, 4.69) is 0 Å². The van der Waals surface area contributed by atoms with Crippen molar-refractivity contribution in [3.63, 3.8) is 0 Å². The van der Waals surface area contributed by atoms with E-state index in [1.54, 1.807) is 24.3 Å². The molecule has 0 aliphatic rings. The fourth-order valence-corrected chi connectivity index (χ4v) is 2.14. The molecule has 0 saturated heterocycles. The van der Waals surface area contributed by atoms with Crippen LogP contribution < -0.4 is 10.2 Å². The lowest BCUT2D eigenvalue weighted by Crippen LogP contribution is -2.09. The summed E-state index contributed by atoms with van der Waals surface area (Å²) >= 11 is 0. The average Bonchev–Trinajstić information content (AvgIpc) is 2.96. The maximum Gasteiger partial charge on any atom is 0.235 e. The minimum absolute atomic E-state index is 0.178. The Bertz CT molecular complexity index is 797. The molecule has 0 atom stereocenters. The summed E-state index contributed by atoms with van der Waals surface area (Å²) in [7, 11) is 0. The molecule has 102 valence electrons. The molecule has 4 nitrogen and oxygen atoms in total. The third-order valence-corrected chi connectivity index (χ3v) is 3.04. The highest BCUT2D eigenvalue weighted by atomic mass is 16.5. The predicted octanol–water partition coefficient (Wildman–Crippen LogP) is 3.76. The van der Waals surface area contributed by atoms with Crippen LogP contribution in [0.1, 0.15) is 12.5 Å². The van der Waals surface area contributed by atoms with Gasteiger partial charge in [-0.25, -0.2) is 0 Å². The largest absolute Gasteiger partial charge is 0.486 e. The van der Waals surface area contributed by atoms with Gasteiger partial charge in [-0.3, -0.25) is 4.79 Å². The van der Waals surface area contributed by atoms with Gasteiger partial charge in [0.05, 0.1) is 18.3 Å². The van der Waals surface area contributed by atoms with Crippen molar-refractivity contribution >= 4 is 11.0 Å². The van der Waals surface area contributed by atoms with Crippen molar-refractivity contribution in [1.29, 1.82) is 0 Å². The maximum absolute atomic E-state index is 12.6. The monoisotopic (exact) mass is 270 g/mol. The molecule has 0 unspecified atom stereocenters. The lowest BCUT2D eigenvalue weighted by molar-refractivity contribution is 0.328. The zero-order valence-corrected chi connectivity index (χ0v) is 11.3. The number of ether oxygens (including phenoxy) is 1. The van der Waals surface area contributed by atoms with Gasteiger partial charge >= 0.3 is 0 Å². The Labute approximate surface area is 115 Å². The molecular weight excluding hydrogens is 256 g/mol. The van der Waals surface area contributed by atoms with Crippen LogP contribution in [0, 0.1) is 6.92 Å². The van der Waals surface area contributed by atoms with Crippen molar-refractivity contribution in [2.45, 2.75) is 13.8 Å². The molecule has 0 aliphatic carbocycles. The summed E-state index contributed by atoms with van der Waals surface area (Å²) in [6.07, 6.45) is 1.53. The van der Waals surface area contributed by atoms with Gasteiger partial charge in [-0.05, 0) is 38.1 Å². The molecule has 0 N–H and O–H groups in total. The number of furan rings is 1. The van der Waals surface area contributed by atoms with Gasteiger partial charge in [-0.1, -0.05) is 11.6 Å². The number of hydrogen-bond acceptors (Lipinski definition) is 4. The van der Waals surface area contributed by atoms with Crippen LogP contribution >= 0.6 is 0 Å². The zero-order chi connectivity index (χ0) is 14.1. The van der Waals surface area contributed by atoms with Gasteiger partial charge in [-0.15, -0.1) is 0 Å². The van der Waals surface area contributed by atoms with Gasteiger partial charge in [0.25, 0.3) is 0 Å². The quantitative estimate of drug-likeness (QED) is 0.727. The van der Waals surface area contributed by atoms with Crippen LogP contribution in [-0.4, -0.2) is 6.61 Å². The number of rotatable bonds is 3. The minimum atomic E-state index is -0.178. The summed E-state index contributed by atoms with van der Waals surface area (Å²) in [5.74, 6) is 1.01. The molecule has 0 fully saturated rings. The lowest BCUT2D eigenvalue weighted by Gasteiger charge is -2.08. The summed E-state index contributed by atoms with van der Waals surface area (Å²) < 4.78 is 16.6. The van der Waals surface area contributed by atoms with Gasteiger partial charge in [0.2, 0.25) is 16.9 Å². The highest BCUT2D eigenvalue weighted by molar-refractivity contribution is 5.81. The van der Waals surface area contributed by atoms with E-state index in [9.17, 15) is 4.79 Å². The summed E-state index contributed by atoms with van der Waals surface area (Å²) in [5.41, 5.74) is 1.34. The summed E-state index contributed by atoms with van der Waals surface area (Å²) in [6.45, 7) is 4.14. The number of hydrogen-bond donors (Lipinski definition) is 0. The third-order valence-electron chi connectivity index (χ3n) is 3.04. The first kappa shape index (κ1) is 12.5. The number of aryl methyl sites for hydroxylation is 1. The van der Waals surface area contributed by atoms with Gasteiger partial charge in [0.15, 0.2) is 5.76 Å². The Morgan fingerprint density at radius 2 is 2.10 bits per heavy atom. The van der Waals surface area contributed by atoms with Gasteiger partial charge < -0.3 is 13.6 Å². The Morgan fingerprint density at radius 1 is 1.25 bits per heavy atom. The van der Waals surface area contributed by atoms with Crippen LogP contribution in [0.2, 0.25) is 0 Å². The molecule has 0 amide bonds. The van der Waals surface area contributed by atoms with Crippen molar-refractivity contribution < 1.29 is 13.6 Å². The fraction of sp³-hybridized carbons (Fsp3) is 0.188. The van der Waals surface area contributed by atoms with E-state index in [-0.39, 0.29) is 11.2 Å². The van der Waals surface area contributed by atoms with E-state index < -0.39 is 0 Å². The lowest BCUT2D eigenvalue weighted by atomic mass is 10.1. The Morgan fingerprint density at radius 3 is 2.80 bits per heavy atom. The van der Waals surface area contributed by atoms with Gasteiger partial charge in [-0.2, -0.15) is 0 Å². The maximum atomic E-state index is 12.6. The SMILES string of the molecule is CCOc1c(-c2ccco2)oc2ccc(C)cc2c1=O. The second-order valence-corrected chi connectivity index (χ2v) is 4.50. The van der Waals surface area contributed by atoms with Crippen LogP contribution in [0.15, 0.2) is 50.2 Å². The molecule has 20 heavy (non-hydrogen) atoms. The Kier molecular flexibility index (Phi) is 3.06. The second kappa shape index (κ2) is 4.89. The molecule has 0 bridgehead atoms. The van der Waals surface area contributed by atoms with E-state index in [1.807, 2.05) is 19.9 Å². The molecule has 0 spiro atoms. The Hall–Kier alpha value is -2.49. The van der Waals surface area contributed by atoms with Gasteiger partial charge in [0.1, 0.15) is 5.58 Å². The summed E-state index contributed by atoms with van der Waals surface area (Å²) in [5, 5.41) is 0.517. The molecule has 0 saturated carbocycles. The molecule has 2 aromatic heterocycles. The van der Waals surface area contributed by atoms with E-state index in [0.717, 1.165) is 5.56 Å². The molecule has 4 heteroatoms. The normalized spacial score (nSPS) is 10.9. The molecule has 2 heterocycles. The van der Waals surface area contributed by atoms with Crippen molar-refractivity contribution in [3.05, 3.63) is 52.4 Å². The Balaban J connectivity index is 2.36. The van der Waals surface area contributed by atoms with E-state index >= 15 is 0 Å². The van der Waals surface area contributed by atoms with Crippen molar-refractivity contribution in [3.8, 4) is 17.3 Å². The predicted molar refractivity (Wildman–Crippen MR) is 76.1 cm³/mol. The molecule has 0 aliphatic heterocycles. The topological polar surface area (TPSA) is 52.6 Å². The van der Waals surface area contributed by atoms with Crippen LogP contribution in [-0.2, 0) is 0 Å². The molecular formula is C16H14O4. The highest BCUT2D eigenvalue weighted by Gasteiger charge is 2.19. The second-order valence-electron chi connectivity index (χ2n) is 4.50. The van der Waals surface area contributed by atoms with Crippen LogP contribution in [0.3, 0.4) is 0 Å². The van der Waals surface area contributed by atoms with E-state index in [0.29, 0.717) is 29.1 Å². The fourth-order valence-electron chi connectivity index (χ4n) is 2.14. The summed E-state index contributed by atoms with van der Waals surface area (Å²) in [4.78, 5) is 12.6. The molecule has 3 rings (SSSR count). The summed E-state index contributed by atoms with van der Waals surface area (Å²) in [6, 6.07) is 8.96. The first-order valence-electron chi connectivity index (χ1n) is 6.45. The molecule has 1 aromatic carbocycles. The molecule has 0 radical (unpaired) electrons. The highest BCUT2D eigenvalue weighted by Crippen LogP contribution is 2.31. The van der Waals surface area contributed by atoms with Crippen LogP contribution in [0.25, 0.3) is 22.5 Å². The first-order valence-corrected chi connectivity index (χ1v) is 6.45. The van der Waals surface area contributed by atoms with Crippen molar-refractivity contribution in [1.82, 2.24) is 0 Å². The number of benzene rings is 1. The van der Waals surface area contributed by atoms with Gasteiger partial charge in [0, 0.05) is 0 Å². The number of fused-ring (bicyclic) bond motifs is 1. The molecule has 3 aromatic rings. The van der Waals surface area contributed by atoms with Crippen LogP contribution in [0.5, 0.6) is 5.75 Å². The van der Waals surface area contributed by atoms with Crippen molar-refractivity contribution in [2.24, 2.45) is 0 Å².